The second kappa shape index (κ2) is 12.1. The van der Waals surface area contributed by atoms with Crippen LogP contribution in [0.5, 0.6) is 0 Å². The minimum absolute atomic E-state index is 0. The highest BCUT2D eigenvalue weighted by atomic mass is 35.5. The Morgan fingerprint density at radius 3 is 2.09 bits per heavy atom. The number of amides is 2. The maximum atomic E-state index is 13.7. The number of carboxylic acids is 1. The summed E-state index contributed by atoms with van der Waals surface area (Å²) in [5.41, 5.74) is 8.62. The molecule has 35 heavy (non-hydrogen) atoms. The van der Waals surface area contributed by atoms with Crippen LogP contribution in [-0.4, -0.2) is 51.9 Å². The average Bonchev–Trinajstić information content (AvgIpc) is 2.88. The molecule has 7 nitrogen and oxygen atoms in total. The van der Waals surface area contributed by atoms with Gasteiger partial charge in [0.25, 0.3) is 0 Å². The molecule has 8 heteroatoms. The largest absolute Gasteiger partial charge is 0.481 e. The molecule has 4 rings (SSSR count). The highest BCUT2D eigenvalue weighted by molar-refractivity contribution is 5.94. The van der Waals surface area contributed by atoms with Crippen molar-refractivity contribution in [3.05, 3.63) is 71.3 Å². The van der Waals surface area contributed by atoms with Crippen molar-refractivity contribution in [2.75, 3.05) is 13.1 Å². The van der Waals surface area contributed by atoms with Crippen LogP contribution < -0.4 is 5.73 Å². The Balaban J connectivity index is 0.00000342. The number of nitrogens with one attached hydrogen (secondary N) is 1. The minimum atomic E-state index is -0.724. The molecule has 188 valence electrons. The Labute approximate surface area is 213 Å². The zero-order valence-electron chi connectivity index (χ0n) is 19.9. The Morgan fingerprint density at radius 1 is 0.943 bits per heavy atom. The van der Waals surface area contributed by atoms with Crippen molar-refractivity contribution in [2.24, 2.45) is 11.7 Å². The first-order valence-electron chi connectivity index (χ1n) is 12.2. The molecule has 1 saturated heterocycles. The van der Waals surface area contributed by atoms with E-state index in [9.17, 15) is 14.7 Å². The zero-order valence-corrected chi connectivity index (χ0v) is 20.8. The summed E-state index contributed by atoms with van der Waals surface area (Å²) in [7, 11) is 0. The smallest absolute Gasteiger partial charge is 0.320 e. The van der Waals surface area contributed by atoms with Crippen molar-refractivity contribution in [2.45, 2.75) is 57.0 Å². The van der Waals surface area contributed by atoms with E-state index in [1.807, 2.05) is 64.4 Å². The molecule has 0 spiro atoms. The molecule has 1 aliphatic heterocycles. The topological polar surface area (TPSA) is 111 Å². The van der Waals surface area contributed by atoms with E-state index in [0.717, 1.165) is 36.8 Å². The van der Waals surface area contributed by atoms with Crippen LogP contribution in [0, 0.1) is 11.3 Å². The fourth-order valence-corrected chi connectivity index (χ4v) is 5.29. The first kappa shape index (κ1) is 26.5. The number of likely N-dealkylation sites (tertiary alicyclic amines) is 1. The van der Waals surface area contributed by atoms with E-state index in [4.69, 9.17) is 11.1 Å². The number of nitrogen functional groups attached to an aromatic ring is 1. The number of piperidine rings is 1. The lowest BCUT2D eigenvalue weighted by Gasteiger charge is -2.41. The molecule has 2 aromatic rings. The summed E-state index contributed by atoms with van der Waals surface area (Å²) >= 11 is 0. The molecule has 0 unspecified atom stereocenters. The van der Waals surface area contributed by atoms with Gasteiger partial charge >= 0.3 is 12.0 Å². The van der Waals surface area contributed by atoms with Crippen LogP contribution in [0.25, 0.3) is 0 Å². The Hall–Kier alpha value is -3.06. The van der Waals surface area contributed by atoms with E-state index in [-0.39, 0.29) is 36.2 Å². The number of nitrogens with zero attached hydrogens (tertiary/aromatic N) is 2. The number of aliphatic carboxylic acids is 1. The fourth-order valence-electron chi connectivity index (χ4n) is 5.29. The number of rotatable bonds is 6. The van der Waals surface area contributed by atoms with Gasteiger partial charge in [-0.1, -0.05) is 54.6 Å². The number of halogens is 1. The second-order valence-corrected chi connectivity index (χ2v) is 9.54. The Bertz CT molecular complexity index is 999. The van der Waals surface area contributed by atoms with Crippen molar-refractivity contribution < 1.29 is 14.7 Å². The van der Waals surface area contributed by atoms with E-state index >= 15 is 0 Å². The molecule has 2 aromatic carbocycles. The standard InChI is InChI=1S/C27H34N4O3.ClH/c28-25(29)22-8-6-20(7-9-22)21-14-16-30(17-15-21)27(34)31(18-19-4-2-1-3-5-19)24-12-10-23(11-13-24)26(32)33;/h1-9,21,23-24H,10-18H2,(H3,28,29)(H,32,33);1H/t23-,24-;. The van der Waals surface area contributed by atoms with Crippen LogP contribution in [-0.2, 0) is 11.3 Å². The van der Waals surface area contributed by atoms with Crippen LogP contribution in [0.15, 0.2) is 54.6 Å². The number of hydrogen-bond donors (Lipinski definition) is 3. The van der Waals surface area contributed by atoms with Gasteiger partial charge in [-0.3, -0.25) is 10.2 Å². The molecule has 2 amide bonds. The van der Waals surface area contributed by atoms with E-state index in [1.54, 1.807) is 0 Å². The molecular weight excluding hydrogens is 464 g/mol. The van der Waals surface area contributed by atoms with E-state index < -0.39 is 5.97 Å². The van der Waals surface area contributed by atoms with Crippen LogP contribution in [0.2, 0.25) is 0 Å². The number of carbonyl (C=O) groups excluding carboxylic acids is 1. The summed E-state index contributed by atoms with van der Waals surface area (Å²) in [6.07, 6.45) is 4.50. The summed E-state index contributed by atoms with van der Waals surface area (Å²) in [6, 6.07) is 18.0. The van der Waals surface area contributed by atoms with Gasteiger partial charge in [0.05, 0.1) is 5.92 Å². The van der Waals surface area contributed by atoms with Gasteiger partial charge in [-0.2, -0.15) is 0 Å². The zero-order chi connectivity index (χ0) is 24.1. The maximum Gasteiger partial charge on any atom is 0.320 e. The highest BCUT2D eigenvalue weighted by Gasteiger charge is 2.34. The molecule has 0 radical (unpaired) electrons. The van der Waals surface area contributed by atoms with Crippen LogP contribution >= 0.6 is 12.4 Å². The number of carbonyl (C=O) groups is 2. The third-order valence-corrected chi connectivity index (χ3v) is 7.39. The number of amidine groups is 1. The van der Waals surface area contributed by atoms with Crippen molar-refractivity contribution in [1.82, 2.24) is 9.80 Å². The molecule has 2 fully saturated rings. The lowest BCUT2D eigenvalue weighted by molar-refractivity contribution is -0.143. The van der Waals surface area contributed by atoms with Gasteiger partial charge in [0.2, 0.25) is 0 Å². The molecule has 1 heterocycles. The van der Waals surface area contributed by atoms with Crippen molar-refractivity contribution in [3.63, 3.8) is 0 Å². The molecular formula is C27H35ClN4O3. The summed E-state index contributed by atoms with van der Waals surface area (Å²) in [4.78, 5) is 29.0. The Morgan fingerprint density at radius 2 is 1.54 bits per heavy atom. The van der Waals surface area contributed by atoms with Gasteiger partial charge in [-0.05, 0) is 55.6 Å². The Kier molecular flexibility index (Phi) is 9.15. The van der Waals surface area contributed by atoms with Crippen molar-refractivity contribution in [1.29, 1.82) is 5.41 Å². The van der Waals surface area contributed by atoms with Gasteiger partial charge in [-0.15, -0.1) is 12.4 Å². The maximum absolute atomic E-state index is 13.7. The molecule has 0 atom stereocenters. The van der Waals surface area contributed by atoms with Gasteiger partial charge in [0, 0.05) is 31.2 Å². The lowest BCUT2D eigenvalue weighted by atomic mass is 9.85. The molecule has 0 aromatic heterocycles. The highest BCUT2D eigenvalue weighted by Crippen LogP contribution is 2.32. The van der Waals surface area contributed by atoms with Gasteiger partial charge < -0.3 is 20.6 Å². The van der Waals surface area contributed by atoms with Crippen molar-refractivity contribution in [3.8, 4) is 0 Å². The average molecular weight is 499 g/mol. The molecule has 4 N–H and O–H groups in total. The molecule has 1 aliphatic carbocycles. The third kappa shape index (κ3) is 6.54. The minimum Gasteiger partial charge on any atom is -0.481 e. The van der Waals surface area contributed by atoms with Gasteiger partial charge in [0.15, 0.2) is 0 Å². The SMILES string of the molecule is Cl.N=C(N)c1ccc(C2CCN(C(=O)N(Cc3ccccc3)[C@H]3CC[C@H](C(=O)O)CC3)CC2)cc1. The summed E-state index contributed by atoms with van der Waals surface area (Å²) in [6.45, 7) is 1.95. The van der Waals surface area contributed by atoms with Crippen LogP contribution in [0.4, 0.5) is 4.79 Å². The predicted octanol–water partition coefficient (Wildman–Crippen LogP) is 4.84. The number of hydrogen-bond acceptors (Lipinski definition) is 3. The second-order valence-electron chi connectivity index (χ2n) is 9.54. The van der Waals surface area contributed by atoms with Gasteiger partial charge in [-0.25, -0.2) is 4.79 Å². The van der Waals surface area contributed by atoms with Crippen LogP contribution in [0.3, 0.4) is 0 Å². The predicted molar refractivity (Wildman–Crippen MR) is 139 cm³/mol. The van der Waals surface area contributed by atoms with E-state index in [1.165, 1.54) is 5.56 Å². The number of carboxylic acid groups (broad SMARTS) is 1. The normalized spacial score (nSPS) is 20.5. The number of nitrogens with two attached hydrogens (primary N) is 1. The van der Waals surface area contributed by atoms with Crippen LogP contribution in [0.1, 0.15) is 61.1 Å². The number of urea groups is 1. The summed E-state index contributed by atoms with van der Waals surface area (Å²) in [5, 5.41) is 16.9. The summed E-state index contributed by atoms with van der Waals surface area (Å²) < 4.78 is 0. The van der Waals surface area contributed by atoms with Gasteiger partial charge in [0.1, 0.15) is 5.84 Å². The van der Waals surface area contributed by atoms with E-state index in [0.29, 0.717) is 38.4 Å². The third-order valence-electron chi connectivity index (χ3n) is 7.39. The summed E-state index contributed by atoms with van der Waals surface area (Å²) in [5.74, 6) is -0.561. The fraction of sp³-hybridized carbons (Fsp3) is 0.444. The lowest BCUT2D eigenvalue weighted by Crippen LogP contribution is -2.51. The molecule has 1 saturated carbocycles. The first-order valence-corrected chi connectivity index (χ1v) is 12.2. The van der Waals surface area contributed by atoms with Crippen molar-refractivity contribution >= 4 is 30.2 Å². The van der Waals surface area contributed by atoms with E-state index in [2.05, 4.69) is 0 Å². The molecule has 2 aliphatic rings. The quantitative estimate of drug-likeness (QED) is 0.391. The monoisotopic (exact) mass is 498 g/mol. The number of benzene rings is 2. The first-order chi connectivity index (χ1) is 16.4. The molecule has 0 bridgehead atoms.